The lowest BCUT2D eigenvalue weighted by Gasteiger charge is -2.13. The maximum atomic E-state index is 5.79. The van der Waals surface area contributed by atoms with Crippen LogP contribution in [0.3, 0.4) is 0 Å². The molecule has 0 amide bonds. The Morgan fingerprint density at radius 3 is 2.19 bits per heavy atom. The highest BCUT2D eigenvalue weighted by Crippen LogP contribution is 2.28. The largest absolute Gasteiger partial charge is 0.493 e. The first-order chi connectivity index (χ1) is 10.0. The first kappa shape index (κ1) is 17.8. The van der Waals surface area contributed by atoms with Crippen LogP contribution in [0.1, 0.15) is 46.1 Å². The van der Waals surface area contributed by atoms with Crippen molar-refractivity contribution in [1.29, 1.82) is 0 Å². The maximum absolute atomic E-state index is 5.79. The molecular formula is C18H30O3. The van der Waals surface area contributed by atoms with Crippen LogP contribution in [0.5, 0.6) is 11.5 Å². The van der Waals surface area contributed by atoms with Crippen LogP contribution in [0.15, 0.2) is 18.2 Å². The second kappa shape index (κ2) is 9.67. The Morgan fingerprint density at radius 1 is 0.905 bits per heavy atom. The summed E-state index contributed by atoms with van der Waals surface area (Å²) in [5, 5.41) is 0. The fourth-order valence-corrected chi connectivity index (χ4v) is 1.83. The lowest BCUT2D eigenvalue weighted by molar-refractivity contribution is 0.110. The maximum Gasteiger partial charge on any atom is 0.161 e. The van der Waals surface area contributed by atoms with Gasteiger partial charge in [0.1, 0.15) is 0 Å². The normalized spacial score (nSPS) is 11.2. The monoisotopic (exact) mass is 294 g/mol. The number of methoxy groups -OCH3 is 1. The molecule has 0 aliphatic carbocycles. The molecule has 3 heteroatoms. The fourth-order valence-electron chi connectivity index (χ4n) is 1.83. The molecule has 0 fully saturated rings. The standard InChI is InChI=1S/C18H30O3/c1-14(2)8-10-20-13-16-6-7-17(18(12-16)19-5)21-11-9-15(3)4/h6-7,12,14-15H,8-11,13H2,1-5H3. The average Bonchev–Trinajstić information content (AvgIpc) is 2.44. The van der Waals surface area contributed by atoms with Crippen molar-refractivity contribution in [2.24, 2.45) is 11.8 Å². The fraction of sp³-hybridized carbons (Fsp3) is 0.667. The molecule has 1 aromatic carbocycles. The van der Waals surface area contributed by atoms with Gasteiger partial charge in [0.15, 0.2) is 11.5 Å². The van der Waals surface area contributed by atoms with Crippen LogP contribution in [-0.4, -0.2) is 20.3 Å². The Hall–Kier alpha value is -1.22. The summed E-state index contributed by atoms with van der Waals surface area (Å²) < 4.78 is 16.9. The Balaban J connectivity index is 2.49. The minimum absolute atomic E-state index is 0.620. The summed E-state index contributed by atoms with van der Waals surface area (Å²) in [5.74, 6) is 2.91. The van der Waals surface area contributed by atoms with E-state index < -0.39 is 0 Å². The number of ether oxygens (including phenoxy) is 3. The molecule has 0 N–H and O–H groups in total. The van der Waals surface area contributed by atoms with Gasteiger partial charge in [0.25, 0.3) is 0 Å². The van der Waals surface area contributed by atoms with Crippen molar-refractivity contribution in [2.75, 3.05) is 20.3 Å². The molecule has 0 heterocycles. The van der Waals surface area contributed by atoms with E-state index in [4.69, 9.17) is 14.2 Å². The van der Waals surface area contributed by atoms with E-state index in [1.54, 1.807) is 7.11 Å². The topological polar surface area (TPSA) is 27.7 Å². The van der Waals surface area contributed by atoms with E-state index in [-0.39, 0.29) is 0 Å². The SMILES string of the molecule is COc1cc(COCCC(C)C)ccc1OCCC(C)C. The highest BCUT2D eigenvalue weighted by atomic mass is 16.5. The van der Waals surface area contributed by atoms with Crippen LogP contribution in [-0.2, 0) is 11.3 Å². The Bertz CT molecular complexity index is 399. The van der Waals surface area contributed by atoms with E-state index in [1.165, 1.54) is 0 Å². The molecule has 21 heavy (non-hydrogen) atoms. The molecule has 1 rings (SSSR count). The molecule has 0 aliphatic heterocycles. The minimum atomic E-state index is 0.620. The zero-order valence-corrected chi connectivity index (χ0v) is 14.1. The minimum Gasteiger partial charge on any atom is -0.493 e. The van der Waals surface area contributed by atoms with Gasteiger partial charge in [0, 0.05) is 6.61 Å². The molecule has 1 aromatic rings. The summed E-state index contributed by atoms with van der Waals surface area (Å²) in [4.78, 5) is 0. The summed E-state index contributed by atoms with van der Waals surface area (Å²) in [6.07, 6.45) is 2.14. The zero-order valence-electron chi connectivity index (χ0n) is 14.1. The van der Waals surface area contributed by atoms with Gasteiger partial charge in [-0.3, -0.25) is 0 Å². The Labute approximate surface area is 129 Å². The van der Waals surface area contributed by atoms with E-state index in [0.29, 0.717) is 18.4 Å². The van der Waals surface area contributed by atoms with Crippen LogP contribution in [0.2, 0.25) is 0 Å². The molecule has 0 radical (unpaired) electrons. The highest BCUT2D eigenvalue weighted by molar-refractivity contribution is 5.42. The van der Waals surface area contributed by atoms with Crippen molar-refractivity contribution in [1.82, 2.24) is 0 Å². The van der Waals surface area contributed by atoms with Crippen LogP contribution in [0.25, 0.3) is 0 Å². The van der Waals surface area contributed by atoms with Crippen molar-refractivity contribution in [3.8, 4) is 11.5 Å². The van der Waals surface area contributed by atoms with Gasteiger partial charge in [-0.25, -0.2) is 0 Å². The number of benzene rings is 1. The second-order valence-corrected chi connectivity index (χ2v) is 6.25. The van der Waals surface area contributed by atoms with Gasteiger partial charge in [-0.15, -0.1) is 0 Å². The molecule has 0 aliphatic rings. The van der Waals surface area contributed by atoms with E-state index >= 15 is 0 Å². The molecular weight excluding hydrogens is 264 g/mol. The van der Waals surface area contributed by atoms with Crippen LogP contribution in [0.4, 0.5) is 0 Å². The predicted octanol–water partition coefficient (Wildman–Crippen LogP) is 4.68. The number of hydrogen-bond acceptors (Lipinski definition) is 3. The Kier molecular flexibility index (Phi) is 8.21. The molecule has 120 valence electrons. The van der Waals surface area contributed by atoms with Crippen LogP contribution in [0, 0.1) is 11.8 Å². The average molecular weight is 294 g/mol. The van der Waals surface area contributed by atoms with Crippen molar-refractivity contribution < 1.29 is 14.2 Å². The summed E-state index contributed by atoms with van der Waals surface area (Å²) in [5.41, 5.74) is 1.12. The lowest BCUT2D eigenvalue weighted by atomic mass is 10.1. The lowest BCUT2D eigenvalue weighted by Crippen LogP contribution is -2.03. The molecule has 0 aromatic heterocycles. The first-order valence-electron chi connectivity index (χ1n) is 7.90. The van der Waals surface area contributed by atoms with E-state index in [2.05, 4.69) is 27.7 Å². The molecule has 0 bridgehead atoms. The molecule has 0 atom stereocenters. The van der Waals surface area contributed by atoms with E-state index in [1.807, 2.05) is 18.2 Å². The van der Waals surface area contributed by atoms with Crippen molar-refractivity contribution >= 4 is 0 Å². The highest BCUT2D eigenvalue weighted by Gasteiger charge is 2.06. The Morgan fingerprint density at radius 2 is 1.57 bits per heavy atom. The summed E-state index contributed by atoms with van der Waals surface area (Å²) in [7, 11) is 1.67. The smallest absolute Gasteiger partial charge is 0.161 e. The van der Waals surface area contributed by atoms with Crippen LogP contribution < -0.4 is 9.47 Å². The van der Waals surface area contributed by atoms with Crippen molar-refractivity contribution in [2.45, 2.75) is 47.1 Å². The molecule has 0 saturated carbocycles. The van der Waals surface area contributed by atoms with Gasteiger partial charge in [-0.05, 0) is 42.4 Å². The van der Waals surface area contributed by atoms with Crippen molar-refractivity contribution in [3.05, 3.63) is 23.8 Å². The van der Waals surface area contributed by atoms with E-state index in [0.717, 1.165) is 43.1 Å². The van der Waals surface area contributed by atoms with Crippen molar-refractivity contribution in [3.63, 3.8) is 0 Å². The third-order valence-electron chi connectivity index (χ3n) is 3.29. The van der Waals surface area contributed by atoms with Gasteiger partial charge in [0.05, 0.1) is 20.3 Å². The van der Waals surface area contributed by atoms with Gasteiger partial charge in [-0.1, -0.05) is 33.8 Å². The van der Waals surface area contributed by atoms with Gasteiger partial charge in [0.2, 0.25) is 0 Å². The van der Waals surface area contributed by atoms with Gasteiger partial charge < -0.3 is 14.2 Å². The zero-order chi connectivity index (χ0) is 15.7. The molecule has 0 spiro atoms. The molecule has 0 unspecified atom stereocenters. The quantitative estimate of drug-likeness (QED) is 0.586. The molecule has 0 saturated heterocycles. The first-order valence-corrected chi connectivity index (χ1v) is 7.90. The van der Waals surface area contributed by atoms with Gasteiger partial charge in [-0.2, -0.15) is 0 Å². The summed E-state index contributed by atoms with van der Waals surface area (Å²) in [6, 6.07) is 6.02. The summed E-state index contributed by atoms with van der Waals surface area (Å²) >= 11 is 0. The van der Waals surface area contributed by atoms with Gasteiger partial charge >= 0.3 is 0 Å². The van der Waals surface area contributed by atoms with E-state index in [9.17, 15) is 0 Å². The predicted molar refractivity (Wildman–Crippen MR) is 87.1 cm³/mol. The second-order valence-electron chi connectivity index (χ2n) is 6.25. The number of hydrogen-bond donors (Lipinski definition) is 0. The third-order valence-corrected chi connectivity index (χ3v) is 3.29. The number of rotatable bonds is 10. The van der Waals surface area contributed by atoms with Crippen LogP contribution >= 0.6 is 0 Å². The summed E-state index contributed by atoms with van der Waals surface area (Å²) in [6.45, 7) is 10.9. The molecule has 3 nitrogen and oxygen atoms in total. The third kappa shape index (κ3) is 7.37.